The van der Waals surface area contributed by atoms with Crippen LogP contribution in [0.25, 0.3) is 0 Å². The minimum Gasteiger partial charge on any atom is -0.490 e. The van der Waals surface area contributed by atoms with Gasteiger partial charge in [0.25, 0.3) is 0 Å². The van der Waals surface area contributed by atoms with Gasteiger partial charge in [-0.1, -0.05) is 12.1 Å². The van der Waals surface area contributed by atoms with Crippen LogP contribution < -0.4 is 15.2 Å². The molecule has 4 heteroatoms. The van der Waals surface area contributed by atoms with Gasteiger partial charge in [0.15, 0.2) is 17.2 Å². The zero-order chi connectivity index (χ0) is 13.0. The molecule has 0 unspecified atom stereocenters. The van der Waals surface area contributed by atoms with Gasteiger partial charge in [-0.2, -0.15) is 0 Å². The second kappa shape index (κ2) is 5.95. The minimum atomic E-state index is 0.600. The van der Waals surface area contributed by atoms with Crippen molar-refractivity contribution in [1.82, 2.24) is 0 Å². The van der Waals surface area contributed by atoms with Crippen LogP contribution in [0, 0.1) is 3.57 Å². The smallest absolute Gasteiger partial charge is 0.169 e. The first-order chi connectivity index (χ1) is 8.70. The number of hydrogen-bond donors (Lipinski definition) is 1. The van der Waals surface area contributed by atoms with Crippen LogP contribution in [0.1, 0.15) is 6.92 Å². The van der Waals surface area contributed by atoms with Gasteiger partial charge in [0.1, 0.15) is 0 Å². The lowest BCUT2D eigenvalue weighted by Gasteiger charge is -2.12. The van der Waals surface area contributed by atoms with Crippen LogP contribution in [-0.2, 0) is 0 Å². The first-order valence-electron chi connectivity index (χ1n) is 5.65. The Kier molecular flexibility index (Phi) is 4.30. The molecule has 0 aliphatic rings. The molecule has 0 saturated heterocycles. The second-order valence-electron chi connectivity index (χ2n) is 3.66. The SMILES string of the molecule is CCOc1ccccc1Oc1ccc(I)cc1N. The first-order valence-corrected chi connectivity index (χ1v) is 6.73. The number of halogens is 1. The molecule has 3 nitrogen and oxygen atoms in total. The number of anilines is 1. The van der Waals surface area contributed by atoms with Crippen molar-refractivity contribution in [3.63, 3.8) is 0 Å². The van der Waals surface area contributed by atoms with E-state index in [1.807, 2.05) is 49.4 Å². The molecule has 0 fully saturated rings. The summed E-state index contributed by atoms with van der Waals surface area (Å²) in [5.74, 6) is 2.03. The number of ether oxygens (including phenoxy) is 2. The van der Waals surface area contributed by atoms with E-state index in [0.29, 0.717) is 23.8 Å². The Hall–Kier alpha value is -1.43. The maximum Gasteiger partial charge on any atom is 0.169 e. The molecule has 0 aliphatic heterocycles. The summed E-state index contributed by atoms with van der Waals surface area (Å²) in [6, 6.07) is 13.2. The molecule has 0 aliphatic carbocycles. The van der Waals surface area contributed by atoms with E-state index in [1.54, 1.807) is 0 Å². The molecule has 2 aromatic carbocycles. The van der Waals surface area contributed by atoms with E-state index in [4.69, 9.17) is 15.2 Å². The Labute approximate surface area is 120 Å². The van der Waals surface area contributed by atoms with E-state index in [1.165, 1.54) is 0 Å². The van der Waals surface area contributed by atoms with Gasteiger partial charge in [-0.3, -0.25) is 0 Å². The van der Waals surface area contributed by atoms with Gasteiger partial charge in [0, 0.05) is 3.57 Å². The molecule has 0 radical (unpaired) electrons. The lowest BCUT2D eigenvalue weighted by atomic mass is 10.3. The van der Waals surface area contributed by atoms with Crippen molar-refractivity contribution in [3.8, 4) is 17.2 Å². The maximum absolute atomic E-state index is 5.92. The van der Waals surface area contributed by atoms with Crippen molar-refractivity contribution in [3.05, 3.63) is 46.0 Å². The van der Waals surface area contributed by atoms with Crippen molar-refractivity contribution in [2.75, 3.05) is 12.3 Å². The Morgan fingerprint density at radius 3 is 2.44 bits per heavy atom. The third kappa shape index (κ3) is 3.07. The van der Waals surface area contributed by atoms with E-state index >= 15 is 0 Å². The van der Waals surface area contributed by atoms with E-state index in [0.717, 1.165) is 9.32 Å². The summed E-state index contributed by atoms with van der Waals surface area (Å²) in [6.07, 6.45) is 0. The molecule has 2 N–H and O–H groups in total. The fraction of sp³-hybridized carbons (Fsp3) is 0.143. The molecular weight excluding hydrogens is 341 g/mol. The van der Waals surface area contributed by atoms with Gasteiger partial charge in [-0.25, -0.2) is 0 Å². The Morgan fingerprint density at radius 2 is 1.78 bits per heavy atom. The zero-order valence-corrected chi connectivity index (χ0v) is 12.2. The van der Waals surface area contributed by atoms with Gasteiger partial charge < -0.3 is 15.2 Å². The first kappa shape index (κ1) is 13.0. The Bertz CT molecular complexity index is 543. The van der Waals surface area contributed by atoms with Crippen LogP contribution in [0.2, 0.25) is 0 Å². The predicted molar refractivity (Wildman–Crippen MR) is 81.3 cm³/mol. The summed E-state index contributed by atoms with van der Waals surface area (Å²) in [4.78, 5) is 0. The van der Waals surface area contributed by atoms with Gasteiger partial charge in [0.05, 0.1) is 12.3 Å². The van der Waals surface area contributed by atoms with Crippen molar-refractivity contribution in [1.29, 1.82) is 0 Å². The van der Waals surface area contributed by atoms with E-state index in [-0.39, 0.29) is 0 Å². The molecule has 0 spiro atoms. The lowest BCUT2D eigenvalue weighted by molar-refractivity contribution is 0.321. The summed E-state index contributed by atoms with van der Waals surface area (Å²) < 4.78 is 12.4. The molecule has 0 aromatic heterocycles. The van der Waals surface area contributed by atoms with Crippen LogP contribution in [0.5, 0.6) is 17.2 Å². The van der Waals surface area contributed by atoms with E-state index < -0.39 is 0 Å². The molecule has 0 atom stereocenters. The third-order valence-electron chi connectivity index (χ3n) is 2.34. The normalized spacial score (nSPS) is 10.1. The van der Waals surface area contributed by atoms with Crippen molar-refractivity contribution in [2.24, 2.45) is 0 Å². The van der Waals surface area contributed by atoms with Crippen molar-refractivity contribution < 1.29 is 9.47 Å². The van der Waals surface area contributed by atoms with Crippen LogP contribution in [0.15, 0.2) is 42.5 Å². The van der Waals surface area contributed by atoms with Gasteiger partial charge in [0.2, 0.25) is 0 Å². The summed E-state index contributed by atoms with van der Waals surface area (Å²) in [5.41, 5.74) is 6.54. The topological polar surface area (TPSA) is 44.5 Å². The van der Waals surface area contributed by atoms with E-state index in [2.05, 4.69) is 22.6 Å². The average molecular weight is 355 g/mol. The van der Waals surface area contributed by atoms with Crippen LogP contribution in [-0.4, -0.2) is 6.61 Å². The molecule has 2 rings (SSSR count). The monoisotopic (exact) mass is 355 g/mol. The highest BCUT2D eigenvalue weighted by Gasteiger charge is 2.07. The maximum atomic E-state index is 5.92. The molecule has 18 heavy (non-hydrogen) atoms. The molecule has 0 bridgehead atoms. The Morgan fingerprint density at radius 1 is 1.06 bits per heavy atom. The standard InChI is InChI=1S/C14H14INO2/c1-2-17-13-5-3-4-6-14(13)18-12-8-7-10(15)9-11(12)16/h3-9H,2,16H2,1H3. The number of para-hydroxylation sites is 2. The minimum absolute atomic E-state index is 0.600. The number of rotatable bonds is 4. The zero-order valence-electron chi connectivity index (χ0n) is 10.0. The van der Waals surface area contributed by atoms with Crippen molar-refractivity contribution in [2.45, 2.75) is 6.92 Å². The fourth-order valence-electron chi connectivity index (χ4n) is 1.54. The molecule has 94 valence electrons. The summed E-state index contributed by atoms with van der Waals surface area (Å²) in [6.45, 7) is 2.54. The van der Waals surface area contributed by atoms with Crippen LogP contribution >= 0.6 is 22.6 Å². The number of hydrogen-bond acceptors (Lipinski definition) is 3. The highest BCUT2D eigenvalue weighted by atomic mass is 127. The molecular formula is C14H14INO2. The Balaban J connectivity index is 2.28. The van der Waals surface area contributed by atoms with Crippen molar-refractivity contribution >= 4 is 28.3 Å². The molecule has 2 aromatic rings. The third-order valence-corrected chi connectivity index (χ3v) is 3.01. The number of nitrogen functional groups attached to an aromatic ring is 1. The largest absolute Gasteiger partial charge is 0.490 e. The number of nitrogens with two attached hydrogens (primary N) is 1. The highest BCUT2D eigenvalue weighted by Crippen LogP contribution is 2.34. The van der Waals surface area contributed by atoms with Gasteiger partial charge in [-0.05, 0) is 59.8 Å². The summed E-state index contributed by atoms with van der Waals surface area (Å²) in [7, 11) is 0. The number of benzene rings is 2. The fourth-order valence-corrected chi connectivity index (χ4v) is 2.06. The summed E-state index contributed by atoms with van der Waals surface area (Å²) >= 11 is 2.21. The molecule has 0 heterocycles. The van der Waals surface area contributed by atoms with Gasteiger partial charge >= 0.3 is 0 Å². The van der Waals surface area contributed by atoms with Gasteiger partial charge in [-0.15, -0.1) is 0 Å². The second-order valence-corrected chi connectivity index (χ2v) is 4.91. The van der Waals surface area contributed by atoms with Crippen LogP contribution in [0.3, 0.4) is 0 Å². The molecule has 0 amide bonds. The molecule has 0 saturated carbocycles. The quantitative estimate of drug-likeness (QED) is 0.664. The average Bonchev–Trinajstić information content (AvgIpc) is 2.35. The highest BCUT2D eigenvalue weighted by molar-refractivity contribution is 14.1. The summed E-state index contributed by atoms with van der Waals surface area (Å²) in [5, 5.41) is 0. The lowest BCUT2D eigenvalue weighted by Crippen LogP contribution is -1.96. The van der Waals surface area contributed by atoms with E-state index in [9.17, 15) is 0 Å². The van der Waals surface area contributed by atoms with Crippen LogP contribution in [0.4, 0.5) is 5.69 Å². The predicted octanol–water partition coefficient (Wildman–Crippen LogP) is 4.06.